The molecule has 11 heteroatoms. The van der Waals surface area contributed by atoms with Crippen LogP contribution < -0.4 is 11.2 Å². The average Bonchev–Trinajstić information content (AvgIpc) is 2.68. The van der Waals surface area contributed by atoms with Gasteiger partial charge >= 0.3 is 5.69 Å². The molecule has 1 aromatic rings. The summed E-state index contributed by atoms with van der Waals surface area (Å²) < 4.78 is 31.4. The molecule has 1 saturated heterocycles. The van der Waals surface area contributed by atoms with E-state index in [1.807, 2.05) is 0 Å². The highest BCUT2D eigenvalue weighted by atomic mass is 35.5. The number of H-pyrrole nitrogens is 1. The fourth-order valence-corrected chi connectivity index (χ4v) is 2.21. The van der Waals surface area contributed by atoms with Gasteiger partial charge in [0.25, 0.3) is 12.0 Å². The quantitative estimate of drug-likeness (QED) is 0.532. The third-order valence-electron chi connectivity index (χ3n) is 3.27. The molecule has 1 fully saturated rings. The number of hydrogen-bond donors (Lipinski definition) is 4. The van der Waals surface area contributed by atoms with Gasteiger partial charge < -0.3 is 20.1 Å². The first-order valence-corrected chi connectivity index (χ1v) is 6.06. The van der Waals surface area contributed by atoms with Crippen LogP contribution in [0.4, 0.5) is 8.78 Å². The Labute approximate surface area is 120 Å². The Balaban J connectivity index is 2.50. The molecule has 8 nitrogen and oxygen atoms in total. The summed E-state index contributed by atoms with van der Waals surface area (Å²) in [6, 6.07) is 0. The van der Waals surface area contributed by atoms with Crippen molar-refractivity contribution in [2.24, 2.45) is 0 Å². The highest BCUT2D eigenvalue weighted by Crippen LogP contribution is 2.40. The molecule has 0 aromatic carbocycles. The van der Waals surface area contributed by atoms with Crippen LogP contribution in [0.15, 0.2) is 15.8 Å². The Morgan fingerprint density at radius 2 is 2.10 bits per heavy atom. The molecule has 1 aliphatic rings. The highest BCUT2D eigenvalue weighted by molar-refractivity contribution is 6.30. The maximum absolute atomic E-state index is 13.0. The van der Waals surface area contributed by atoms with Gasteiger partial charge in [0.05, 0.1) is 6.61 Å². The molecule has 118 valence electrons. The Morgan fingerprint density at radius 1 is 1.48 bits per heavy atom. The van der Waals surface area contributed by atoms with Gasteiger partial charge in [-0.1, -0.05) is 11.6 Å². The first-order valence-electron chi connectivity index (χ1n) is 5.68. The van der Waals surface area contributed by atoms with Crippen molar-refractivity contribution >= 4 is 11.6 Å². The topological polar surface area (TPSA) is 125 Å². The highest BCUT2D eigenvalue weighted by Gasteiger charge is 2.60. The van der Waals surface area contributed by atoms with Gasteiger partial charge in [0.2, 0.25) is 0 Å². The van der Waals surface area contributed by atoms with Gasteiger partial charge in [-0.3, -0.25) is 14.3 Å². The summed E-state index contributed by atoms with van der Waals surface area (Å²) in [5.41, 5.74) is -4.73. The number of hydrogen-bond acceptors (Lipinski definition) is 6. The first-order chi connectivity index (χ1) is 9.74. The second kappa shape index (κ2) is 5.46. The maximum Gasteiger partial charge on any atom is 0.330 e. The summed E-state index contributed by atoms with van der Waals surface area (Å²) >= 11 is 5.52. The average molecular weight is 329 g/mol. The minimum absolute atomic E-state index is 0.446. The molecule has 0 aliphatic carbocycles. The van der Waals surface area contributed by atoms with Crippen LogP contribution in [0.5, 0.6) is 0 Å². The Bertz CT molecular complexity index is 649. The summed E-state index contributed by atoms with van der Waals surface area (Å²) in [6.07, 6.45) is -8.38. The fraction of sp³-hybridized carbons (Fsp3) is 0.600. The zero-order valence-corrected chi connectivity index (χ0v) is 11.0. The van der Waals surface area contributed by atoms with Crippen LogP contribution in [0, 0.1) is 0 Å². The Morgan fingerprint density at radius 3 is 2.57 bits per heavy atom. The standard InChI is InChI=1S/C10H11ClF2N2O6/c11-3-1-15(9(20)14-6(3)19)7-4(17)5(18)10(2-16,21-7)8(12)13/h1,4-5,7-8,16-18H,2H2,(H,14,19,20)/t4-,5-,7-,10-/m1/s1. The molecule has 4 atom stereocenters. The number of halogens is 3. The molecule has 0 amide bonds. The summed E-state index contributed by atoms with van der Waals surface area (Å²) in [5.74, 6) is 0. The molecule has 4 N–H and O–H groups in total. The predicted molar refractivity (Wildman–Crippen MR) is 64.3 cm³/mol. The molecule has 21 heavy (non-hydrogen) atoms. The molecule has 1 aromatic heterocycles. The van der Waals surface area contributed by atoms with Crippen LogP contribution >= 0.6 is 11.6 Å². The first kappa shape index (κ1) is 16.0. The number of aliphatic hydroxyl groups is 3. The Hall–Kier alpha value is -1.33. The van der Waals surface area contributed by atoms with E-state index in [9.17, 15) is 28.6 Å². The van der Waals surface area contributed by atoms with Crippen molar-refractivity contribution in [1.29, 1.82) is 0 Å². The van der Waals surface area contributed by atoms with Crippen LogP contribution in [0.3, 0.4) is 0 Å². The third-order valence-corrected chi connectivity index (χ3v) is 3.54. The number of aliphatic hydroxyl groups excluding tert-OH is 3. The van der Waals surface area contributed by atoms with E-state index in [0.29, 0.717) is 4.57 Å². The van der Waals surface area contributed by atoms with Crippen molar-refractivity contribution in [3.8, 4) is 0 Å². The van der Waals surface area contributed by atoms with Gasteiger partial charge in [-0.2, -0.15) is 0 Å². The van der Waals surface area contributed by atoms with Crippen molar-refractivity contribution in [1.82, 2.24) is 9.55 Å². The normalized spacial score (nSPS) is 32.8. The monoisotopic (exact) mass is 328 g/mol. The number of aromatic nitrogens is 2. The van der Waals surface area contributed by atoms with E-state index in [1.165, 1.54) is 0 Å². The van der Waals surface area contributed by atoms with Crippen molar-refractivity contribution < 1.29 is 28.8 Å². The van der Waals surface area contributed by atoms with E-state index in [1.54, 1.807) is 4.98 Å². The van der Waals surface area contributed by atoms with Crippen LogP contribution in [0.1, 0.15) is 6.23 Å². The molecular formula is C10H11ClF2N2O6. The molecule has 0 bridgehead atoms. The molecule has 1 aliphatic heterocycles. The van der Waals surface area contributed by atoms with E-state index in [0.717, 1.165) is 6.20 Å². The molecule has 0 unspecified atom stereocenters. The molecular weight excluding hydrogens is 318 g/mol. The fourth-order valence-electron chi connectivity index (χ4n) is 2.06. The van der Waals surface area contributed by atoms with E-state index in [4.69, 9.17) is 21.4 Å². The smallest absolute Gasteiger partial charge is 0.330 e. The lowest BCUT2D eigenvalue weighted by Gasteiger charge is -2.28. The van der Waals surface area contributed by atoms with Gasteiger partial charge in [0, 0.05) is 6.20 Å². The van der Waals surface area contributed by atoms with Crippen LogP contribution in [-0.4, -0.2) is 55.7 Å². The number of nitrogens with one attached hydrogen (secondary N) is 1. The van der Waals surface area contributed by atoms with Crippen LogP contribution in [-0.2, 0) is 4.74 Å². The van der Waals surface area contributed by atoms with Gasteiger partial charge in [-0.25, -0.2) is 13.6 Å². The Kier molecular flexibility index (Phi) is 4.17. The predicted octanol–water partition coefficient (Wildman–Crippen LogP) is -1.56. The van der Waals surface area contributed by atoms with Gasteiger partial charge in [-0.05, 0) is 0 Å². The van der Waals surface area contributed by atoms with Gasteiger partial charge in [-0.15, -0.1) is 0 Å². The summed E-state index contributed by atoms with van der Waals surface area (Å²) in [7, 11) is 0. The number of ether oxygens (including phenoxy) is 1. The second-order valence-electron chi connectivity index (χ2n) is 4.50. The molecule has 2 heterocycles. The van der Waals surface area contributed by atoms with Crippen molar-refractivity contribution in [2.75, 3.05) is 6.61 Å². The summed E-state index contributed by atoms with van der Waals surface area (Å²) in [4.78, 5) is 24.5. The number of aromatic amines is 1. The van der Waals surface area contributed by atoms with Crippen molar-refractivity contribution in [3.63, 3.8) is 0 Å². The largest absolute Gasteiger partial charge is 0.393 e. The van der Waals surface area contributed by atoms with Crippen LogP contribution in [0.2, 0.25) is 5.02 Å². The minimum atomic E-state index is -3.33. The zero-order chi connectivity index (χ0) is 15.9. The lowest BCUT2D eigenvalue weighted by molar-refractivity contribution is -0.195. The number of alkyl halides is 2. The lowest BCUT2D eigenvalue weighted by atomic mass is 9.96. The minimum Gasteiger partial charge on any atom is -0.393 e. The van der Waals surface area contributed by atoms with E-state index >= 15 is 0 Å². The van der Waals surface area contributed by atoms with Gasteiger partial charge in [0.15, 0.2) is 11.8 Å². The molecule has 0 spiro atoms. The lowest BCUT2D eigenvalue weighted by Crippen LogP contribution is -2.52. The van der Waals surface area contributed by atoms with E-state index in [2.05, 4.69) is 0 Å². The van der Waals surface area contributed by atoms with Crippen molar-refractivity contribution in [3.05, 3.63) is 32.1 Å². The SMILES string of the molecule is O=c1[nH]c(=O)n([C@@H]2O[C@@](CO)(C(F)F)[C@H](O)[C@H]2O)cc1Cl. The molecule has 2 rings (SSSR count). The molecule has 0 radical (unpaired) electrons. The number of rotatable bonds is 3. The maximum atomic E-state index is 13.0. The summed E-state index contributed by atoms with van der Waals surface area (Å²) in [6.45, 7) is -1.29. The van der Waals surface area contributed by atoms with E-state index < -0.39 is 53.3 Å². The summed E-state index contributed by atoms with van der Waals surface area (Å²) in [5, 5.41) is 28.1. The number of nitrogens with zero attached hydrogens (tertiary/aromatic N) is 1. The second-order valence-corrected chi connectivity index (χ2v) is 4.91. The zero-order valence-electron chi connectivity index (χ0n) is 10.2. The third kappa shape index (κ3) is 2.38. The van der Waals surface area contributed by atoms with Crippen LogP contribution in [0.25, 0.3) is 0 Å². The van der Waals surface area contributed by atoms with Gasteiger partial charge in [0.1, 0.15) is 17.2 Å². The van der Waals surface area contributed by atoms with Crippen molar-refractivity contribution in [2.45, 2.75) is 30.5 Å². The van der Waals surface area contributed by atoms with E-state index in [-0.39, 0.29) is 0 Å². The molecule has 0 saturated carbocycles.